The summed E-state index contributed by atoms with van der Waals surface area (Å²) in [5.74, 6) is 6.44. The molecule has 1 amide bonds. The van der Waals surface area contributed by atoms with Gasteiger partial charge >= 0.3 is 0 Å². The average Bonchev–Trinajstić information content (AvgIpc) is 2.41. The minimum absolute atomic E-state index is 0.101. The van der Waals surface area contributed by atoms with Gasteiger partial charge in [-0.3, -0.25) is 4.79 Å². The summed E-state index contributed by atoms with van der Waals surface area (Å²) in [7, 11) is 0. The number of hydrogen-bond acceptors (Lipinski definition) is 4. The quantitative estimate of drug-likeness (QED) is 0.561. The van der Waals surface area contributed by atoms with Crippen molar-refractivity contribution in [2.45, 2.75) is 38.6 Å². The van der Waals surface area contributed by atoms with E-state index in [-0.39, 0.29) is 11.9 Å². The molecule has 5 heteroatoms. The number of nitrogens with two attached hydrogens (primary N) is 1. The highest BCUT2D eigenvalue weighted by molar-refractivity contribution is 5.98. The summed E-state index contributed by atoms with van der Waals surface area (Å²) >= 11 is 0. The Bertz CT molecular complexity index is 413. The number of pyridine rings is 1. The number of nitrogen functional groups attached to an aromatic ring is 1. The van der Waals surface area contributed by atoms with E-state index in [9.17, 15) is 4.79 Å². The van der Waals surface area contributed by atoms with Crippen molar-refractivity contribution in [2.75, 3.05) is 5.43 Å². The Morgan fingerprint density at radius 2 is 2.11 bits per heavy atom. The van der Waals surface area contributed by atoms with Crippen molar-refractivity contribution in [2.24, 2.45) is 11.8 Å². The van der Waals surface area contributed by atoms with Crippen LogP contribution in [0.2, 0.25) is 0 Å². The van der Waals surface area contributed by atoms with E-state index < -0.39 is 0 Å². The van der Waals surface area contributed by atoms with Gasteiger partial charge in [-0.2, -0.15) is 0 Å². The first-order chi connectivity index (χ1) is 8.70. The standard InChI is InChI=1S/C13H20N4O/c1-9-4-6-10(7-5-9)16-13(18)11-3-2-8-15-12(11)17-14/h2-3,8-10H,4-7,14H2,1H3,(H,15,17)(H,16,18). The van der Waals surface area contributed by atoms with Gasteiger partial charge in [-0.25, -0.2) is 10.8 Å². The molecule has 0 aromatic carbocycles. The molecule has 0 radical (unpaired) electrons. The monoisotopic (exact) mass is 248 g/mol. The lowest BCUT2D eigenvalue weighted by molar-refractivity contribution is 0.0923. The summed E-state index contributed by atoms with van der Waals surface area (Å²) in [4.78, 5) is 16.2. The third-order valence-corrected chi connectivity index (χ3v) is 3.54. The van der Waals surface area contributed by atoms with Gasteiger partial charge in [-0.15, -0.1) is 0 Å². The van der Waals surface area contributed by atoms with Gasteiger partial charge in [0, 0.05) is 12.2 Å². The summed E-state index contributed by atoms with van der Waals surface area (Å²) in [5.41, 5.74) is 2.95. The van der Waals surface area contributed by atoms with E-state index in [1.165, 1.54) is 12.8 Å². The maximum atomic E-state index is 12.1. The zero-order chi connectivity index (χ0) is 13.0. The number of nitrogens with zero attached hydrogens (tertiary/aromatic N) is 1. The van der Waals surface area contributed by atoms with Crippen LogP contribution in [0.5, 0.6) is 0 Å². The fraction of sp³-hybridized carbons (Fsp3) is 0.538. The van der Waals surface area contributed by atoms with Crippen molar-refractivity contribution >= 4 is 11.7 Å². The highest BCUT2D eigenvalue weighted by Gasteiger charge is 2.21. The number of amides is 1. The molecule has 0 bridgehead atoms. The van der Waals surface area contributed by atoms with Crippen molar-refractivity contribution in [3.05, 3.63) is 23.9 Å². The predicted octanol–water partition coefficient (Wildman–Crippen LogP) is 1.68. The zero-order valence-electron chi connectivity index (χ0n) is 10.6. The minimum Gasteiger partial charge on any atom is -0.349 e. The number of aromatic nitrogens is 1. The average molecular weight is 248 g/mol. The summed E-state index contributed by atoms with van der Waals surface area (Å²) in [6, 6.07) is 3.74. The molecule has 0 atom stereocenters. The molecule has 1 aliphatic rings. The van der Waals surface area contributed by atoms with Gasteiger partial charge in [0.2, 0.25) is 0 Å². The van der Waals surface area contributed by atoms with Crippen LogP contribution in [-0.2, 0) is 0 Å². The van der Waals surface area contributed by atoms with Gasteiger partial charge in [0.1, 0.15) is 0 Å². The number of rotatable bonds is 3. The fourth-order valence-electron chi connectivity index (χ4n) is 2.37. The van der Waals surface area contributed by atoms with Crippen molar-refractivity contribution in [3.63, 3.8) is 0 Å². The molecular formula is C13H20N4O. The lowest BCUT2D eigenvalue weighted by Gasteiger charge is -2.27. The van der Waals surface area contributed by atoms with E-state index in [1.54, 1.807) is 18.3 Å². The Hall–Kier alpha value is -1.62. The van der Waals surface area contributed by atoms with Crippen molar-refractivity contribution in [3.8, 4) is 0 Å². The topological polar surface area (TPSA) is 80.0 Å². The van der Waals surface area contributed by atoms with Crippen molar-refractivity contribution < 1.29 is 4.79 Å². The van der Waals surface area contributed by atoms with Crippen LogP contribution in [0.4, 0.5) is 5.82 Å². The van der Waals surface area contributed by atoms with Crippen LogP contribution in [0.3, 0.4) is 0 Å². The Balaban J connectivity index is 1.99. The summed E-state index contributed by atoms with van der Waals surface area (Å²) in [6.45, 7) is 2.26. The molecule has 1 fully saturated rings. The molecule has 98 valence electrons. The zero-order valence-corrected chi connectivity index (χ0v) is 10.6. The molecular weight excluding hydrogens is 228 g/mol. The Morgan fingerprint density at radius 1 is 1.39 bits per heavy atom. The second-order valence-electron chi connectivity index (χ2n) is 4.97. The maximum absolute atomic E-state index is 12.1. The highest BCUT2D eigenvalue weighted by Crippen LogP contribution is 2.23. The predicted molar refractivity (Wildman–Crippen MR) is 70.9 cm³/mol. The molecule has 1 saturated carbocycles. The summed E-state index contributed by atoms with van der Waals surface area (Å²) in [6.07, 6.45) is 6.07. The fourth-order valence-corrected chi connectivity index (χ4v) is 2.37. The van der Waals surface area contributed by atoms with Crippen LogP contribution < -0.4 is 16.6 Å². The van der Waals surface area contributed by atoms with Crippen LogP contribution in [0.1, 0.15) is 43.0 Å². The van der Waals surface area contributed by atoms with Gasteiger partial charge in [0.05, 0.1) is 5.56 Å². The normalized spacial score (nSPS) is 23.4. The largest absolute Gasteiger partial charge is 0.349 e. The number of nitrogens with one attached hydrogen (secondary N) is 2. The van der Waals surface area contributed by atoms with E-state index in [0.717, 1.165) is 18.8 Å². The number of hydrogen-bond donors (Lipinski definition) is 3. The Labute approximate surface area is 107 Å². The van der Waals surface area contributed by atoms with Gasteiger partial charge < -0.3 is 10.7 Å². The molecule has 18 heavy (non-hydrogen) atoms. The SMILES string of the molecule is CC1CCC(NC(=O)c2cccnc2NN)CC1. The third kappa shape index (κ3) is 2.98. The van der Waals surface area contributed by atoms with Crippen molar-refractivity contribution in [1.82, 2.24) is 10.3 Å². The lowest BCUT2D eigenvalue weighted by Crippen LogP contribution is -2.37. The Morgan fingerprint density at radius 3 is 2.78 bits per heavy atom. The van der Waals surface area contributed by atoms with Gasteiger partial charge in [-0.05, 0) is 43.7 Å². The molecule has 4 N–H and O–H groups in total. The second kappa shape index (κ2) is 5.82. The molecule has 2 rings (SSSR count). The lowest BCUT2D eigenvalue weighted by atomic mass is 9.87. The van der Waals surface area contributed by atoms with E-state index in [1.807, 2.05) is 0 Å². The smallest absolute Gasteiger partial charge is 0.255 e. The van der Waals surface area contributed by atoms with E-state index in [2.05, 4.69) is 22.7 Å². The molecule has 1 aromatic heterocycles. The first kappa shape index (κ1) is 12.8. The maximum Gasteiger partial charge on any atom is 0.255 e. The third-order valence-electron chi connectivity index (χ3n) is 3.54. The van der Waals surface area contributed by atoms with E-state index >= 15 is 0 Å². The first-order valence-corrected chi connectivity index (χ1v) is 6.43. The molecule has 0 unspecified atom stereocenters. The molecule has 0 saturated heterocycles. The van der Waals surface area contributed by atoms with E-state index in [4.69, 9.17) is 5.84 Å². The van der Waals surface area contributed by atoms with Gasteiger partial charge in [0.15, 0.2) is 5.82 Å². The number of carbonyl (C=O) groups is 1. The Kier molecular flexibility index (Phi) is 4.15. The number of hydrazine groups is 1. The van der Waals surface area contributed by atoms with Gasteiger partial charge in [-0.1, -0.05) is 6.92 Å². The summed E-state index contributed by atoms with van der Waals surface area (Å²) in [5, 5.41) is 3.06. The van der Waals surface area contributed by atoms with E-state index in [0.29, 0.717) is 11.4 Å². The minimum atomic E-state index is -0.101. The molecule has 5 nitrogen and oxygen atoms in total. The number of carbonyl (C=O) groups excluding carboxylic acids is 1. The van der Waals surface area contributed by atoms with Crippen molar-refractivity contribution in [1.29, 1.82) is 0 Å². The number of anilines is 1. The summed E-state index contributed by atoms with van der Waals surface area (Å²) < 4.78 is 0. The second-order valence-corrected chi connectivity index (χ2v) is 4.97. The van der Waals surface area contributed by atoms with Crippen LogP contribution >= 0.6 is 0 Å². The van der Waals surface area contributed by atoms with Gasteiger partial charge in [0.25, 0.3) is 5.91 Å². The van der Waals surface area contributed by atoms with Crippen LogP contribution in [0.15, 0.2) is 18.3 Å². The van der Waals surface area contributed by atoms with Crippen LogP contribution in [0, 0.1) is 5.92 Å². The first-order valence-electron chi connectivity index (χ1n) is 6.43. The van der Waals surface area contributed by atoms with Crippen LogP contribution in [0.25, 0.3) is 0 Å². The highest BCUT2D eigenvalue weighted by atomic mass is 16.1. The molecule has 1 aliphatic carbocycles. The molecule has 1 heterocycles. The molecule has 0 spiro atoms. The molecule has 1 aromatic rings. The molecule has 0 aliphatic heterocycles. The van der Waals surface area contributed by atoms with Crippen LogP contribution in [-0.4, -0.2) is 16.9 Å².